The van der Waals surface area contributed by atoms with Gasteiger partial charge in [0, 0.05) is 0 Å². The molecule has 0 fully saturated rings. The van der Waals surface area contributed by atoms with E-state index in [1.165, 1.54) is 12.1 Å². The lowest BCUT2D eigenvalue weighted by molar-refractivity contribution is 0.0695. The van der Waals surface area contributed by atoms with E-state index in [1.807, 2.05) is 6.92 Å². The minimum atomic E-state index is -0.987. The van der Waals surface area contributed by atoms with Crippen molar-refractivity contribution in [3.63, 3.8) is 0 Å². The summed E-state index contributed by atoms with van der Waals surface area (Å²) < 4.78 is 0. The van der Waals surface area contributed by atoms with Crippen LogP contribution in [0.15, 0.2) is 18.2 Å². The fraction of sp³-hybridized carbons (Fsp3) is 0.300. The van der Waals surface area contributed by atoms with Gasteiger partial charge in [-0.25, -0.2) is 4.79 Å². The first-order valence-electron chi connectivity index (χ1n) is 4.20. The molecule has 0 amide bonds. The van der Waals surface area contributed by atoms with Crippen LogP contribution in [-0.2, 0) is 6.42 Å². The number of carboxylic acids is 1. The molecule has 0 saturated heterocycles. The van der Waals surface area contributed by atoms with E-state index in [9.17, 15) is 4.79 Å². The molecule has 0 atom stereocenters. The first-order valence-corrected chi connectivity index (χ1v) is 4.20. The second kappa shape index (κ2) is 3.94. The molecule has 0 saturated carbocycles. The third-order valence-corrected chi connectivity index (χ3v) is 1.84. The van der Waals surface area contributed by atoms with E-state index < -0.39 is 5.97 Å². The van der Waals surface area contributed by atoms with Gasteiger partial charge in [0.25, 0.3) is 0 Å². The van der Waals surface area contributed by atoms with Crippen LogP contribution in [0.3, 0.4) is 0 Å². The molecule has 0 heterocycles. The van der Waals surface area contributed by atoms with E-state index in [-0.39, 0.29) is 11.3 Å². The van der Waals surface area contributed by atoms with E-state index in [1.54, 1.807) is 6.07 Å². The second-order valence-corrected chi connectivity index (χ2v) is 2.90. The van der Waals surface area contributed by atoms with Gasteiger partial charge in [0.15, 0.2) is 0 Å². The molecular weight excluding hydrogens is 168 g/mol. The van der Waals surface area contributed by atoms with E-state index in [0.717, 1.165) is 18.4 Å². The summed E-state index contributed by atoms with van der Waals surface area (Å²) in [5.74, 6) is -0.989. The summed E-state index contributed by atoms with van der Waals surface area (Å²) in [6.07, 6.45) is 1.62. The number of rotatable bonds is 3. The lowest BCUT2D eigenvalue weighted by Crippen LogP contribution is -2.01. The second-order valence-electron chi connectivity index (χ2n) is 2.90. The van der Waals surface area contributed by atoms with Gasteiger partial charge in [-0.2, -0.15) is 0 Å². The van der Waals surface area contributed by atoms with Crippen molar-refractivity contribution in [2.45, 2.75) is 19.8 Å². The van der Waals surface area contributed by atoms with Crippen LogP contribution in [0.4, 0.5) is 0 Å². The Morgan fingerprint density at radius 2 is 2.15 bits per heavy atom. The fourth-order valence-electron chi connectivity index (χ4n) is 1.25. The number of aromatic hydroxyl groups is 1. The molecular formula is C10H12O3. The molecule has 3 heteroatoms. The highest BCUT2D eigenvalue weighted by Crippen LogP contribution is 2.17. The summed E-state index contributed by atoms with van der Waals surface area (Å²) in [5, 5.41) is 17.9. The maximum atomic E-state index is 10.7. The number of carboxylic acid groups (broad SMARTS) is 1. The Morgan fingerprint density at radius 3 is 2.69 bits per heavy atom. The standard InChI is InChI=1S/C10H12O3/c1-2-3-7-4-5-8(11)6-9(7)10(12)13/h4-6,11H,2-3H2,1H3,(H,12,13). The van der Waals surface area contributed by atoms with Crippen molar-refractivity contribution in [2.24, 2.45) is 0 Å². The van der Waals surface area contributed by atoms with E-state index >= 15 is 0 Å². The zero-order valence-corrected chi connectivity index (χ0v) is 7.45. The zero-order valence-electron chi connectivity index (χ0n) is 7.45. The molecule has 0 aliphatic carbocycles. The van der Waals surface area contributed by atoms with Gasteiger partial charge < -0.3 is 10.2 Å². The number of phenols is 1. The first kappa shape index (κ1) is 9.58. The van der Waals surface area contributed by atoms with Crippen LogP contribution in [0.25, 0.3) is 0 Å². The van der Waals surface area contributed by atoms with Gasteiger partial charge in [-0.3, -0.25) is 0 Å². The predicted octanol–water partition coefficient (Wildman–Crippen LogP) is 2.04. The van der Waals surface area contributed by atoms with Crippen LogP contribution in [0.1, 0.15) is 29.3 Å². The molecule has 3 nitrogen and oxygen atoms in total. The van der Waals surface area contributed by atoms with Crippen molar-refractivity contribution in [3.05, 3.63) is 29.3 Å². The number of benzene rings is 1. The summed E-state index contributed by atoms with van der Waals surface area (Å²) in [4.78, 5) is 10.7. The van der Waals surface area contributed by atoms with E-state index in [4.69, 9.17) is 10.2 Å². The largest absolute Gasteiger partial charge is 0.508 e. The third kappa shape index (κ3) is 2.21. The third-order valence-electron chi connectivity index (χ3n) is 1.84. The van der Waals surface area contributed by atoms with Crippen molar-refractivity contribution in [2.75, 3.05) is 0 Å². The molecule has 1 rings (SSSR count). The Bertz CT molecular complexity index is 318. The van der Waals surface area contributed by atoms with Crippen LogP contribution in [0.2, 0.25) is 0 Å². The number of hydrogen-bond acceptors (Lipinski definition) is 2. The van der Waals surface area contributed by atoms with Crippen LogP contribution >= 0.6 is 0 Å². The Hall–Kier alpha value is -1.51. The van der Waals surface area contributed by atoms with Gasteiger partial charge in [-0.15, -0.1) is 0 Å². The lowest BCUT2D eigenvalue weighted by atomic mass is 10.0. The number of aromatic carboxylic acids is 1. The summed E-state index contributed by atoms with van der Waals surface area (Å²) in [6, 6.07) is 4.45. The van der Waals surface area contributed by atoms with Gasteiger partial charge >= 0.3 is 5.97 Å². The minimum absolute atomic E-state index is 0.00254. The summed E-state index contributed by atoms with van der Waals surface area (Å²) in [7, 11) is 0. The minimum Gasteiger partial charge on any atom is -0.508 e. The number of phenolic OH excluding ortho intramolecular Hbond substituents is 1. The maximum absolute atomic E-state index is 10.7. The average molecular weight is 180 g/mol. The Labute approximate surface area is 76.6 Å². The monoisotopic (exact) mass is 180 g/mol. The highest BCUT2D eigenvalue weighted by molar-refractivity contribution is 5.89. The van der Waals surface area contributed by atoms with Crippen LogP contribution in [0.5, 0.6) is 5.75 Å². The van der Waals surface area contributed by atoms with Crippen molar-refractivity contribution in [3.8, 4) is 5.75 Å². The maximum Gasteiger partial charge on any atom is 0.336 e. The summed E-state index contributed by atoms with van der Waals surface area (Å²) in [6.45, 7) is 1.98. The number of hydrogen-bond donors (Lipinski definition) is 2. The average Bonchev–Trinajstić information content (AvgIpc) is 2.08. The molecule has 1 aromatic carbocycles. The number of aryl methyl sites for hydroxylation is 1. The molecule has 0 aliphatic rings. The van der Waals surface area contributed by atoms with Crippen molar-refractivity contribution in [1.82, 2.24) is 0 Å². The molecule has 70 valence electrons. The topological polar surface area (TPSA) is 57.5 Å². The molecule has 2 N–H and O–H groups in total. The zero-order chi connectivity index (χ0) is 9.84. The van der Waals surface area contributed by atoms with Crippen molar-refractivity contribution in [1.29, 1.82) is 0 Å². The SMILES string of the molecule is CCCc1ccc(O)cc1C(=O)O. The Kier molecular flexibility index (Phi) is 2.90. The van der Waals surface area contributed by atoms with Crippen molar-refractivity contribution >= 4 is 5.97 Å². The van der Waals surface area contributed by atoms with Crippen LogP contribution in [0, 0.1) is 0 Å². The van der Waals surface area contributed by atoms with Gasteiger partial charge in [-0.05, 0) is 24.1 Å². The summed E-state index contributed by atoms with van der Waals surface area (Å²) in [5.41, 5.74) is 0.967. The smallest absolute Gasteiger partial charge is 0.336 e. The lowest BCUT2D eigenvalue weighted by Gasteiger charge is -2.04. The highest BCUT2D eigenvalue weighted by atomic mass is 16.4. The van der Waals surface area contributed by atoms with Gasteiger partial charge in [-0.1, -0.05) is 19.4 Å². The molecule has 13 heavy (non-hydrogen) atoms. The van der Waals surface area contributed by atoms with Crippen LogP contribution in [-0.4, -0.2) is 16.2 Å². The van der Waals surface area contributed by atoms with E-state index in [0.29, 0.717) is 0 Å². The fourth-order valence-corrected chi connectivity index (χ4v) is 1.25. The van der Waals surface area contributed by atoms with Gasteiger partial charge in [0.05, 0.1) is 5.56 Å². The van der Waals surface area contributed by atoms with Crippen LogP contribution < -0.4 is 0 Å². The molecule has 1 aromatic rings. The predicted molar refractivity (Wildman–Crippen MR) is 49.1 cm³/mol. The molecule has 0 aromatic heterocycles. The molecule has 0 radical (unpaired) electrons. The van der Waals surface area contributed by atoms with Gasteiger partial charge in [0.2, 0.25) is 0 Å². The molecule has 0 unspecified atom stereocenters. The van der Waals surface area contributed by atoms with Gasteiger partial charge in [0.1, 0.15) is 5.75 Å². The molecule has 0 aliphatic heterocycles. The first-order chi connectivity index (χ1) is 6.15. The van der Waals surface area contributed by atoms with Crippen molar-refractivity contribution < 1.29 is 15.0 Å². The number of carbonyl (C=O) groups is 1. The van der Waals surface area contributed by atoms with E-state index in [2.05, 4.69) is 0 Å². The summed E-state index contributed by atoms with van der Waals surface area (Å²) >= 11 is 0. The Morgan fingerprint density at radius 1 is 1.46 bits per heavy atom. The molecule has 0 bridgehead atoms. The Balaban J connectivity index is 3.10. The highest BCUT2D eigenvalue weighted by Gasteiger charge is 2.09. The quantitative estimate of drug-likeness (QED) is 0.748. The normalized spacial score (nSPS) is 9.92. The molecule has 0 spiro atoms.